The molecule has 1 fully saturated rings. The van der Waals surface area contributed by atoms with E-state index in [1.807, 2.05) is 24.8 Å². The molecule has 0 atom stereocenters. The number of anilines is 2. The minimum absolute atomic E-state index is 0.117. The molecule has 1 aliphatic rings. The molecule has 0 bridgehead atoms. The second-order valence-electron chi connectivity index (χ2n) is 11.2. The van der Waals surface area contributed by atoms with Crippen molar-refractivity contribution in [2.75, 3.05) is 43.5 Å². The van der Waals surface area contributed by atoms with Crippen LogP contribution in [0.5, 0.6) is 0 Å². The smallest absolute Gasteiger partial charge is 0.339 e. The summed E-state index contributed by atoms with van der Waals surface area (Å²) in [5.41, 5.74) is 2.68. The van der Waals surface area contributed by atoms with E-state index in [9.17, 15) is 9.59 Å². The van der Waals surface area contributed by atoms with Gasteiger partial charge in [0.05, 0.1) is 35.8 Å². The highest BCUT2D eigenvalue weighted by Crippen LogP contribution is 2.29. The van der Waals surface area contributed by atoms with Gasteiger partial charge in [0.15, 0.2) is 0 Å². The minimum Gasteiger partial charge on any atom is -0.465 e. The molecule has 0 radical (unpaired) electrons. The third kappa shape index (κ3) is 6.37. The van der Waals surface area contributed by atoms with Crippen LogP contribution < -0.4 is 10.2 Å². The lowest BCUT2D eigenvalue weighted by atomic mass is 9.97. The maximum atomic E-state index is 13.6. The summed E-state index contributed by atoms with van der Waals surface area (Å²) in [7, 11) is 1.37. The molecule has 0 saturated carbocycles. The summed E-state index contributed by atoms with van der Waals surface area (Å²) in [6.45, 7) is 18.9. The van der Waals surface area contributed by atoms with Gasteiger partial charge in [0.25, 0.3) is 5.91 Å². The van der Waals surface area contributed by atoms with Crippen molar-refractivity contribution in [3.8, 4) is 0 Å². The highest BCUT2D eigenvalue weighted by atomic mass is 16.5. The number of nitrogens with zero attached hydrogens (tertiary/aromatic N) is 5. The van der Waals surface area contributed by atoms with Crippen molar-refractivity contribution in [1.82, 2.24) is 19.9 Å². The van der Waals surface area contributed by atoms with E-state index >= 15 is 0 Å². The summed E-state index contributed by atoms with van der Waals surface area (Å²) in [6, 6.07) is 1.91. The maximum absolute atomic E-state index is 13.6. The first-order chi connectivity index (χ1) is 17.4. The number of aryl methyl sites for hydroxylation is 2. The predicted molar refractivity (Wildman–Crippen MR) is 146 cm³/mol. The molecule has 0 aromatic carbocycles. The number of hydrogen-bond acceptors (Lipinski definition) is 8. The number of amides is 1. The Morgan fingerprint density at radius 1 is 1.14 bits per heavy atom. The lowest BCUT2D eigenvalue weighted by Crippen LogP contribution is -2.61. The number of piperazine rings is 1. The molecule has 9 heteroatoms. The molecule has 9 nitrogen and oxygen atoms in total. The van der Waals surface area contributed by atoms with E-state index in [0.29, 0.717) is 42.5 Å². The highest BCUT2D eigenvalue weighted by molar-refractivity contribution is 5.93. The first-order valence-electron chi connectivity index (χ1n) is 13.1. The number of aromatic nitrogens is 3. The third-order valence-corrected chi connectivity index (χ3v) is 6.82. The van der Waals surface area contributed by atoms with Gasteiger partial charge in [-0.05, 0) is 57.6 Å². The Hall–Kier alpha value is -3.23. The molecule has 37 heavy (non-hydrogen) atoms. The molecule has 1 aliphatic heterocycles. The van der Waals surface area contributed by atoms with Crippen LogP contribution in [0.2, 0.25) is 0 Å². The van der Waals surface area contributed by atoms with E-state index in [0.717, 1.165) is 35.9 Å². The Morgan fingerprint density at radius 2 is 1.84 bits per heavy atom. The quantitative estimate of drug-likeness (QED) is 0.515. The van der Waals surface area contributed by atoms with E-state index in [1.54, 1.807) is 6.20 Å². The monoisotopic (exact) mass is 510 g/mol. The van der Waals surface area contributed by atoms with Crippen LogP contribution in [0, 0.1) is 19.8 Å². The van der Waals surface area contributed by atoms with Gasteiger partial charge in [-0.3, -0.25) is 4.79 Å². The highest BCUT2D eigenvalue weighted by Gasteiger charge is 2.38. The van der Waals surface area contributed by atoms with Crippen molar-refractivity contribution >= 4 is 23.5 Å². The van der Waals surface area contributed by atoms with Crippen LogP contribution in [0.1, 0.15) is 91.7 Å². The number of nitrogens with one attached hydrogen (secondary N) is 1. The van der Waals surface area contributed by atoms with Gasteiger partial charge in [0, 0.05) is 26.2 Å². The van der Waals surface area contributed by atoms with Gasteiger partial charge in [-0.15, -0.1) is 0 Å². The van der Waals surface area contributed by atoms with Crippen LogP contribution in [0.3, 0.4) is 0 Å². The molecular weight excluding hydrogens is 468 g/mol. The van der Waals surface area contributed by atoms with Crippen LogP contribution in [-0.4, -0.2) is 70.6 Å². The number of esters is 1. The Bertz CT molecular complexity index is 1120. The van der Waals surface area contributed by atoms with Crippen LogP contribution in [-0.2, 0) is 4.74 Å². The van der Waals surface area contributed by atoms with Gasteiger partial charge < -0.3 is 19.9 Å². The summed E-state index contributed by atoms with van der Waals surface area (Å²) in [6.07, 6.45) is 2.63. The van der Waals surface area contributed by atoms with Gasteiger partial charge >= 0.3 is 5.97 Å². The number of hydrogen-bond donors (Lipinski definition) is 1. The van der Waals surface area contributed by atoms with E-state index in [1.165, 1.54) is 7.11 Å². The Labute approximate surface area is 221 Å². The molecule has 0 aliphatic carbocycles. The van der Waals surface area contributed by atoms with Crippen molar-refractivity contribution in [1.29, 1.82) is 0 Å². The summed E-state index contributed by atoms with van der Waals surface area (Å²) in [5.74, 6) is 1.78. The molecule has 1 N–H and O–H groups in total. The fourth-order valence-corrected chi connectivity index (χ4v) is 4.77. The van der Waals surface area contributed by atoms with E-state index in [2.05, 4.69) is 61.7 Å². The second kappa shape index (κ2) is 11.4. The number of carbonyl (C=O) groups excluding carboxylic acids is 2. The Balaban J connectivity index is 1.79. The minimum atomic E-state index is -0.465. The Kier molecular flexibility index (Phi) is 8.76. The standard InChI is InChI=1S/C28H42N6O3/c1-17(2)10-11-29-25-24(18(3)4)32-21(15-30-25)26(35)34-13-12-33(16-28(34,7)8)22-14-19(5)23(20(6)31-22)27(36)37-9/h14-15,17-18H,10-13,16H2,1-9H3,(H,29,30). The summed E-state index contributed by atoms with van der Waals surface area (Å²) >= 11 is 0. The van der Waals surface area contributed by atoms with Crippen LogP contribution in [0.15, 0.2) is 12.3 Å². The van der Waals surface area contributed by atoms with Crippen molar-refractivity contribution < 1.29 is 14.3 Å². The lowest BCUT2D eigenvalue weighted by Gasteiger charge is -2.47. The predicted octanol–water partition coefficient (Wildman–Crippen LogP) is 4.60. The van der Waals surface area contributed by atoms with E-state index < -0.39 is 5.54 Å². The van der Waals surface area contributed by atoms with Gasteiger partial charge in [0.1, 0.15) is 17.3 Å². The van der Waals surface area contributed by atoms with Crippen molar-refractivity contribution in [2.24, 2.45) is 5.92 Å². The largest absolute Gasteiger partial charge is 0.465 e. The Morgan fingerprint density at radius 3 is 2.41 bits per heavy atom. The van der Waals surface area contributed by atoms with Crippen LogP contribution >= 0.6 is 0 Å². The fraction of sp³-hybridized carbons (Fsp3) is 0.607. The molecule has 0 unspecified atom stereocenters. The van der Waals surface area contributed by atoms with Gasteiger partial charge in [0.2, 0.25) is 0 Å². The number of ether oxygens (including phenoxy) is 1. The van der Waals surface area contributed by atoms with Crippen molar-refractivity contribution in [2.45, 2.75) is 73.3 Å². The molecule has 1 saturated heterocycles. The average molecular weight is 511 g/mol. The van der Waals surface area contributed by atoms with Gasteiger partial charge in [-0.2, -0.15) is 0 Å². The third-order valence-electron chi connectivity index (χ3n) is 6.82. The first-order valence-corrected chi connectivity index (χ1v) is 13.1. The second-order valence-corrected chi connectivity index (χ2v) is 11.2. The van der Waals surface area contributed by atoms with Crippen molar-refractivity contribution in [3.05, 3.63) is 40.5 Å². The zero-order valence-electron chi connectivity index (χ0n) is 23.8. The number of rotatable bonds is 8. The molecule has 2 aromatic heterocycles. The molecular formula is C28H42N6O3. The number of pyridine rings is 1. The molecule has 202 valence electrons. The zero-order chi connectivity index (χ0) is 27.5. The van der Waals surface area contributed by atoms with E-state index in [-0.39, 0.29) is 17.8 Å². The summed E-state index contributed by atoms with van der Waals surface area (Å²) < 4.78 is 4.91. The molecule has 2 aromatic rings. The topological polar surface area (TPSA) is 101 Å². The fourth-order valence-electron chi connectivity index (χ4n) is 4.77. The number of methoxy groups -OCH3 is 1. The first kappa shape index (κ1) is 28.3. The summed E-state index contributed by atoms with van der Waals surface area (Å²) in [5, 5.41) is 3.39. The zero-order valence-corrected chi connectivity index (χ0v) is 23.8. The van der Waals surface area contributed by atoms with Gasteiger partial charge in [-0.25, -0.2) is 19.7 Å². The molecule has 0 spiro atoms. The molecule has 3 rings (SSSR count). The lowest BCUT2D eigenvalue weighted by molar-refractivity contribution is 0.0505. The van der Waals surface area contributed by atoms with Crippen molar-refractivity contribution in [3.63, 3.8) is 0 Å². The SMILES string of the molecule is COC(=O)c1c(C)cc(N2CCN(C(=O)c3cnc(NCCC(C)C)c(C(C)C)n3)C(C)(C)C2)nc1C. The van der Waals surface area contributed by atoms with Crippen LogP contribution in [0.4, 0.5) is 11.6 Å². The molecule has 3 heterocycles. The summed E-state index contributed by atoms with van der Waals surface area (Å²) in [4.78, 5) is 43.8. The van der Waals surface area contributed by atoms with Crippen LogP contribution in [0.25, 0.3) is 0 Å². The molecule has 1 amide bonds. The normalized spacial score (nSPS) is 15.3. The number of carbonyl (C=O) groups is 2. The van der Waals surface area contributed by atoms with E-state index in [4.69, 9.17) is 9.72 Å². The average Bonchev–Trinajstić information content (AvgIpc) is 2.82. The maximum Gasteiger partial charge on any atom is 0.339 e. The van der Waals surface area contributed by atoms with Gasteiger partial charge in [-0.1, -0.05) is 27.7 Å².